The fraction of sp³-hybridized carbons (Fsp3) is 0.500. The Bertz CT molecular complexity index is 805. The first-order valence-corrected chi connectivity index (χ1v) is 10.6. The molecule has 2 aromatic carbocycles. The molecule has 1 N–H and O–H groups in total. The van der Waals surface area contributed by atoms with Crippen LogP contribution in [0, 0.1) is 6.92 Å². The molecule has 3 rings (SSSR count). The molecule has 0 aromatic heterocycles. The maximum absolute atomic E-state index is 9.98. The van der Waals surface area contributed by atoms with Gasteiger partial charge in [0, 0.05) is 38.3 Å². The molecular formula is C24H35ClN2O3. The van der Waals surface area contributed by atoms with E-state index in [2.05, 4.69) is 35.8 Å². The van der Waals surface area contributed by atoms with Crippen molar-refractivity contribution in [1.29, 1.82) is 0 Å². The van der Waals surface area contributed by atoms with E-state index in [0.717, 1.165) is 61.8 Å². The molecule has 6 heteroatoms. The SMILES string of the molecule is COc1ccccc1N1CCN(CCCOc2cc(C)c(O)cc2C(C)C)CC1.Cl. The van der Waals surface area contributed by atoms with Gasteiger partial charge in [-0.1, -0.05) is 26.0 Å². The number of phenolic OH excluding ortho intramolecular Hbond substituents is 1. The fourth-order valence-corrected chi connectivity index (χ4v) is 3.84. The number of para-hydroxylation sites is 2. The molecule has 1 aliphatic heterocycles. The van der Waals surface area contributed by atoms with Crippen LogP contribution in [0.1, 0.15) is 37.3 Å². The largest absolute Gasteiger partial charge is 0.508 e. The third-order valence-corrected chi connectivity index (χ3v) is 5.62. The molecule has 0 amide bonds. The summed E-state index contributed by atoms with van der Waals surface area (Å²) in [4.78, 5) is 4.90. The van der Waals surface area contributed by atoms with Gasteiger partial charge < -0.3 is 19.5 Å². The highest BCUT2D eigenvalue weighted by molar-refractivity contribution is 5.85. The number of halogens is 1. The van der Waals surface area contributed by atoms with Gasteiger partial charge in [-0.2, -0.15) is 0 Å². The minimum Gasteiger partial charge on any atom is -0.508 e. The van der Waals surface area contributed by atoms with Crippen molar-refractivity contribution in [2.24, 2.45) is 0 Å². The van der Waals surface area contributed by atoms with E-state index in [-0.39, 0.29) is 12.4 Å². The monoisotopic (exact) mass is 434 g/mol. The number of methoxy groups -OCH3 is 1. The van der Waals surface area contributed by atoms with Gasteiger partial charge in [-0.25, -0.2) is 0 Å². The standard InChI is InChI=1S/C24H34N2O3.ClH/c1-18(2)20-17-22(27)19(3)16-24(20)29-15-7-10-25-11-13-26(14-12-25)21-8-5-6-9-23(21)28-4;/h5-6,8-9,16-18,27H,7,10-15H2,1-4H3;1H. The van der Waals surface area contributed by atoms with Crippen LogP contribution in [-0.2, 0) is 0 Å². The second-order valence-corrected chi connectivity index (χ2v) is 8.03. The molecule has 1 fully saturated rings. The number of hydrogen-bond donors (Lipinski definition) is 1. The van der Waals surface area contributed by atoms with Gasteiger partial charge in [0.2, 0.25) is 0 Å². The summed E-state index contributed by atoms with van der Waals surface area (Å²) in [6, 6.07) is 12.0. The number of rotatable bonds is 8. The van der Waals surface area contributed by atoms with Crippen LogP contribution in [0.4, 0.5) is 5.69 Å². The average molecular weight is 435 g/mol. The lowest BCUT2D eigenvalue weighted by atomic mass is 10.00. The van der Waals surface area contributed by atoms with E-state index in [4.69, 9.17) is 9.47 Å². The number of phenols is 1. The molecule has 0 saturated carbocycles. The zero-order chi connectivity index (χ0) is 20.8. The van der Waals surface area contributed by atoms with E-state index in [1.54, 1.807) is 7.11 Å². The van der Waals surface area contributed by atoms with E-state index in [0.29, 0.717) is 18.3 Å². The average Bonchev–Trinajstić information content (AvgIpc) is 2.73. The van der Waals surface area contributed by atoms with E-state index < -0.39 is 0 Å². The van der Waals surface area contributed by atoms with Crippen LogP contribution >= 0.6 is 12.4 Å². The summed E-state index contributed by atoms with van der Waals surface area (Å²) in [5, 5.41) is 9.98. The summed E-state index contributed by atoms with van der Waals surface area (Å²) in [7, 11) is 1.73. The topological polar surface area (TPSA) is 45.2 Å². The smallest absolute Gasteiger partial charge is 0.142 e. The number of hydrogen-bond acceptors (Lipinski definition) is 5. The Hall–Kier alpha value is -2.11. The maximum Gasteiger partial charge on any atom is 0.142 e. The Morgan fingerprint density at radius 1 is 1.03 bits per heavy atom. The van der Waals surface area contributed by atoms with E-state index in [1.807, 2.05) is 31.2 Å². The number of aryl methyl sites for hydroxylation is 1. The highest BCUT2D eigenvalue weighted by Gasteiger charge is 2.19. The van der Waals surface area contributed by atoms with Crippen molar-refractivity contribution < 1.29 is 14.6 Å². The number of aromatic hydroxyl groups is 1. The minimum absolute atomic E-state index is 0. The number of benzene rings is 2. The van der Waals surface area contributed by atoms with Crippen LogP contribution in [0.5, 0.6) is 17.2 Å². The predicted molar refractivity (Wildman–Crippen MR) is 126 cm³/mol. The molecule has 0 radical (unpaired) electrons. The van der Waals surface area contributed by atoms with Crippen LogP contribution < -0.4 is 14.4 Å². The van der Waals surface area contributed by atoms with Gasteiger partial charge in [0.25, 0.3) is 0 Å². The van der Waals surface area contributed by atoms with Gasteiger partial charge in [0.1, 0.15) is 17.2 Å². The predicted octanol–water partition coefficient (Wildman–Crippen LogP) is 4.85. The zero-order valence-electron chi connectivity index (χ0n) is 18.6. The molecule has 0 aliphatic carbocycles. The van der Waals surface area contributed by atoms with E-state index in [1.165, 1.54) is 5.69 Å². The van der Waals surface area contributed by atoms with Gasteiger partial charge in [0.15, 0.2) is 0 Å². The summed E-state index contributed by atoms with van der Waals surface area (Å²) >= 11 is 0. The maximum atomic E-state index is 9.98. The van der Waals surface area contributed by atoms with Crippen LogP contribution in [-0.4, -0.2) is 56.4 Å². The first kappa shape index (κ1) is 24.2. The Kier molecular flexibility index (Phi) is 9.12. The molecule has 0 atom stereocenters. The Morgan fingerprint density at radius 3 is 2.40 bits per heavy atom. The van der Waals surface area contributed by atoms with Gasteiger partial charge >= 0.3 is 0 Å². The summed E-state index contributed by atoms with van der Waals surface area (Å²) in [6.45, 7) is 12.0. The van der Waals surface area contributed by atoms with Crippen molar-refractivity contribution in [2.45, 2.75) is 33.1 Å². The van der Waals surface area contributed by atoms with Crippen LogP contribution in [0.3, 0.4) is 0 Å². The van der Waals surface area contributed by atoms with Crippen LogP contribution in [0.25, 0.3) is 0 Å². The first-order valence-electron chi connectivity index (χ1n) is 10.6. The number of ether oxygens (including phenoxy) is 2. The van der Waals surface area contributed by atoms with Crippen molar-refractivity contribution in [3.05, 3.63) is 47.5 Å². The van der Waals surface area contributed by atoms with Gasteiger partial charge in [0.05, 0.1) is 19.4 Å². The van der Waals surface area contributed by atoms with Crippen molar-refractivity contribution in [2.75, 3.05) is 51.3 Å². The molecule has 0 spiro atoms. The molecule has 1 heterocycles. The van der Waals surface area contributed by atoms with Gasteiger partial charge in [-0.3, -0.25) is 4.90 Å². The third-order valence-electron chi connectivity index (χ3n) is 5.62. The fourth-order valence-electron chi connectivity index (χ4n) is 3.84. The molecule has 1 saturated heterocycles. The molecule has 166 valence electrons. The summed E-state index contributed by atoms with van der Waals surface area (Å²) in [5.41, 5.74) is 3.11. The molecule has 2 aromatic rings. The number of piperazine rings is 1. The highest BCUT2D eigenvalue weighted by Crippen LogP contribution is 2.33. The van der Waals surface area contributed by atoms with Crippen molar-refractivity contribution in [1.82, 2.24) is 4.90 Å². The Labute approximate surface area is 187 Å². The summed E-state index contributed by atoms with van der Waals surface area (Å²) in [6.07, 6.45) is 0.992. The van der Waals surface area contributed by atoms with Crippen molar-refractivity contribution in [3.63, 3.8) is 0 Å². The first-order chi connectivity index (χ1) is 14.0. The van der Waals surface area contributed by atoms with Crippen molar-refractivity contribution in [3.8, 4) is 17.2 Å². The van der Waals surface area contributed by atoms with Crippen LogP contribution in [0.2, 0.25) is 0 Å². The normalized spacial score (nSPS) is 14.5. The van der Waals surface area contributed by atoms with Crippen molar-refractivity contribution >= 4 is 18.1 Å². The second kappa shape index (κ2) is 11.3. The Balaban J connectivity index is 0.00000320. The lowest BCUT2D eigenvalue weighted by Gasteiger charge is -2.36. The summed E-state index contributed by atoms with van der Waals surface area (Å²) in [5.74, 6) is 2.50. The lowest BCUT2D eigenvalue weighted by molar-refractivity contribution is 0.223. The molecule has 5 nitrogen and oxygen atoms in total. The summed E-state index contributed by atoms with van der Waals surface area (Å²) < 4.78 is 11.6. The molecule has 1 aliphatic rings. The quantitative estimate of drug-likeness (QED) is 0.602. The van der Waals surface area contributed by atoms with E-state index in [9.17, 15) is 5.11 Å². The number of anilines is 1. The molecule has 30 heavy (non-hydrogen) atoms. The van der Waals surface area contributed by atoms with Gasteiger partial charge in [-0.05, 0) is 49.1 Å². The molecule has 0 unspecified atom stereocenters. The minimum atomic E-state index is 0. The molecular weight excluding hydrogens is 400 g/mol. The Morgan fingerprint density at radius 2 is 1.73 bits per heavy atom. The van der Waals surface area contributed by atoms with E-state index >= 15 is 0 Å². The lowest BCUT2D eigenvalue weighted by Crippen LogP contribution is -2.46. The number of nitrogens with zero attached hydrogens (tertiary/aromatic N) is 2. The third kappa shape index (κ3) is 5.96. The second-order valence-electron chi connectivity index (χ2n) is 8.03. The van der Waals surface area contributed by atoms with Crippen LogP contribution in [0.15, 0.2) is 36.4 Å². The van der Waals surface area contributed by atoms with Gasteiger partial charge in [-0.15, -0.1) is 12.4 Å². The highest BCUT2D eigenvalue weighted by atomic mass is 35.5. The zero-order valence-corrected chi connectivity index (χ0v) is 19.4. The molecule has 0 bridgehead atoms.